The summed E-state index contributed by atoms with van der Waals surface area (Å²) in [5.41, 5.74) is 0.167. The quantitative estimate of drug-likeness (QED) is 0.110. The molecule has 0 spiro atoms. The van der Waals surface area contributed by atoms with E-state index >= 15 is 0 Å². The Morgan fingerprint density at radius 2 is 1.29 bits per heavy atom. The highest BCUT2D eigenvalue weighted by Crippen LogP contribution is 2.36. The van der Waals surface area contributed by atoms with Crippen molar-refractivity contribution in [3.63, 3.8) is 0 Å². The summed E-state index contributed by atoms with van der Waals surface area (Å²) in [7, 11) is 0. The van der Waals surface area contributed by atoms with E-state index in [9.17, 15) is 40.2 Å². The van der Waals surface area contributed by atoms with Crippen molar-refractivity contribution in [1.82, 2.24) is 15.5 Å². The highest BCUT2D eigenvalue weighted by atomic mass is 16.3. The predicted octanol–water partition coefficient (Wildman–Crippen LogP) is 1.61. The lowest BCUT2D eigenvalue weighted by atomic mass is 10.1. The number of Topliss-reactive ketones (excluding diaryl/α,β-unsaturated/α-hetero) is 1. The zero-order chi connectivity index (χ0) is 26.0. The lowest BCUT2D eigenvalue weighted by Crippen LogP contribution is -2.37. The SMILES string of the molecule is CCCN(CCCC(=O)c1cc(O)c(O)c(O)c1)CCNCCNC(=O)c1cc(O)c(O)c(O)c1. The highest BCUT2D eigenvalue weighted by Gasteiger charge is 2.15. The number of carbonyl (C=O) groups excluding carboxylic acids is 2. The first-order valence-corrected chi connectivity index (χ1v) is 11.4. The van der Waals surface area contributed by atoms with Gasteiger partial charge in [-0.05, 0) is 50.2 Å². The number of hydrogen-bond donors (Lipinski definition) is 8. The number of phenols is 6. The average molecular weight is 492 g/mol. The van der Waals surface area contributed by atoms with Gasteiger partial charge in [0.15, 0.2) is 40.3 Å². The maximum absolute atomic E-state index is 12.3. The molecule has 35 heavy (non-hydrogen) atoms. The van der Waals surface area contributed by atoms with Crippen molar-refractivity contribution in [2.45, 2.75) is 26.2 Å². The fourth-order valence-corrected chi connectivity index (χ4v) is 3.49. The third-order valence-electron chi connectivity index (χ3n) is 5.33. The van der Waals surface area contributed by atoms with E-state index in [1.54, 1.807) is 0 Å². The molecule has 0 radical (unpaired) electrons. The molecule has 11 heteroatoms. The molecule has 8 N–H and O–H groups in total. The first-order chi connectivity index (χ1) is 16.6. The molecule has 0 aliphatic carbocycles. The molecule has 0 fully saturated rings. The van der Waals surface area contributed by atoms with Crippen LogP contribution in [0.3, 0.4) is 0 Å². The van der Waals surface area contributed by atoms with Crippen LogP contribution in [0, 0.1) is 0 Å². The Balaban J connectivity index is 1.68. The molecule has 0 atom stereocenters. The van der Waals surface area contributed by atoms with E-state index in [1.165, 1.54) is 0 Å². The minimum absolute atomic E-state index is 0.0270. The van der Waals surface area contributed by atoms with Gasteiger partial charge in [0, 0.05) is 43.7 Å². The van der Waals surface area contributed by atoms with Gasteiger partial charge in [-0.25, -0.2) is 0 Å². The smallest absolute Gasteiger partial charge is 0.251 e. The molecule has 0 aliphatic rings. The van der Waals surface area contributed by atoms with Crippen molar-refractivity contribution in [2.24, 2.45) is 0 Å². The summed E-state index contributed by atoms with van der Waals surface area (Å²) < 4.78 is 0. The van der Waals surface area contributed by atoms with E-state index in [-0.39, 0.29) is 23.3 Å². The molecule has 2 aromatic rings. The van der Waals surface area contributed by atoms with E-state index in [4.69, 9.17) is 0 Å². The summed E-state index contributed by atoms with van der Waals surface area (Å²) in [6, 6.07) is 4.41. The zero-order valence-electron chi connectivity index (χ0n) is 19.6. The van der Waals surface area contributed by atoms with E-state index < -0.39 is 40.4 Å². The molecule has 0 aromatic heterocycles. The van der Waals surface area contributed by atoms with Crippen LogP contribution in [0.5, 0.6) is 34.5 Å². The van der Waals surface area contributed by atoms with Gasteiger partial charge in [0.1, 0.15) is 0 Å². The number of amides is 1. The molecule has 0 aliphatic heterocycles. The van der Waals surface area contributed by atoms with Crippen LogP contribution in [0.1, 0.15) is 46.9 Å². The van der Waals surface area contributed by atoms with Crippen molar-refractivity contribution in [3.8, 4) is 34.5 Å². The number of rotatable bonds is 14. The van der Waals surface area contributed by atoms with Crippen LogP contribution < -0.4 is 10.6 Å². The maximum atomic E-state index is 12.3. The van der Waals surface area contributed by atoms with Crippen LogP contribution in [0.15, 0.2) is 24.3 Å². The molecular weight excluding hydrogens is 458 g/mol. The van der Waals surface area contributed by atoms with Crippen molar-refractivity contribution < 1.29 is 40.2 Å². The Bertz CT molecular complexity index is 982. The fraction of sp³-hybridized carbons (Fsp3) is 0.417. The number of aromatic hydroxyl groups is 6. The molecule has 2 rings (SSSR count). The Labute approximate surface area is 203 Å². The minimum atomic E-state index is -0.678. The van der Waals surface area contributed by atoms with Gasteiger partial charge in [-0.3, -0.25) is 9.59 Å². The third-order valence-corrected chi connectivity index (χ3v) is 5.33. The summed E-state index contributed by atoms with van der Waals surface area (Å²) in [6.07, 6.45) is 1.76. The van der Waals surface area contributed by atoms with Gasteiger partial charge < -0.3 is 46.2 Å². The van der Waals surface area contributed by atoms with Gasteiger partial charge in [-0.2, -0.15) is 0 Å². The second kappa shape index (κ2) is 13.3. The number of ketones is 1. The van der Waals surface area contributed by atoms with Crippen molar-refractivity contribution in [2.75, 3.05) is 39.3 Å². The summed E-state index contributed by atoms with van der Waals surface area (Å²) in [5.74, 6) is -4.30. The summed E-state index contributed by atoms with van der Waals surface area (Å²) in [5, 5.41) is 62.7. The standard InChI is InChI=1S/C24H33N3O8/c1-2-8-27(9-3-4-17(28)15-11-18(29)22(33)19(30)12-15)10-7-25-5-6-26-24(35)16-13-20(31)23(34)21(32)14-16/h11-14,25,29-34H,2-10H2,1H3,(H,26,35). The van der Waals surface area contributed by atoms with Gasteiger partial charge in [-0.15, -0.1) is 0 Å². The van der Waals surface area contributed by atoms with Crippen LogP contribution in [-0.2, 0) is 0 Å². The van der Waals surface area contributed by atoms with Gasteiger partial charge in [0.2, 0.25) is 0 Å². The molecule has 2 aromatic carbocycles. The number of nitrogens with one attached hydrogen (secondary N) is 2. The molecule has 0 unspecified atom stereocenters. The Hall–Kier alpha value is -3.70. The van der Waals surface area contributed by atoms with E-state index in [2.05, 4.69) is 22.5 Å². The van der Waals surface area contributed by atoms with Crippen molar-refractivity contribution in [3.05, 3.63) is 35.4 Å². The van der Waals surface area contributed by atoms with Crippen LogP contribution >= 0.6 is 0 Å². The fourth-order valence-electron chi connectivity index (χ4n) is 3.49. The normalized spacial score (nSPS) is 11.0. The second-order valence-electron chi connectivity index (χ2n) is 8.10. The Kier molecular flexibility index (Phi) is 10.4. The summed E-state index contributed by atoms with van der Waals surface area (Å²) >= 11 is 0. The van der Waals surface area contributed by atoms with E-state index in [1.807, 2.05) is 0 Å². The molecule has 0 heterocycles. The first kappa shape index (κ1) is 27.5. The topological polar surface area (TPSA) is 183 Å². The summed E-state index contributed by atoms with van der Waals surface area (Å²) in [4.78, 5) is 26.6. The van der Waals surface area contributed by atoms with Crippen LogP contribution in [-0.4, -0.2) is 86.5 Å². The number of carbonyl (C=O) groups is 2. The predicted molar refractivity (Wildman–Crippen MR) is 128 cm³/mol. The maximum Gasteiger partial charge on any atom is 0.251 e. The molecule has 1 amide bonds. The summed E-state index contributed by atoms with van der Waals surface area (Å²) in [6.45, 7) is 5.79. The average Bonchev–Trinajstić information content (AvgIpc) is 2.82. The van der Waals surface area contributed by atoms with Gasteiger partial charge in [0.05, 0.1) is 0 Å². The Morgan fingerprint density at radius 1 is 0.743 bits per heavy atom. The minimum Gasteiger partial charge on any atom is -0.504 e. The molecule has 0 saturated carbocycles. The van der Waals surface area contributed by atoms with Gasteiger partial charge >= 0.3 is 0 Å². The van der Waals surface area contributed by atoms with Crippen LogP contribution in [0.25, 0.3) is 0 Å². The number of nitrogens with zero attached hydrogens (tertiary/aromatic N) is 1. The first-order valence-electron chi connectivity index (χ1n) is 11.4. The molecule has 192 valence electrons. The Morgan fingerprint density at radius 3 is 1.83 bits per heavy atom. The largest absolute Gasteiger partial charge is 0.504 e. The van der Waals surface area contributed by atoms with Gasteiger partial charge in [0.25, 0.3) is 5.91 Å². The lowest BCUT2D eigenvalue weighted by molar-refractivity contribution is 0.0949. The third kappa shape index (κ3) is 8.23. The van der Waals surface area contributed by atoms with Crippen LogP contribution in [0.2, 0.25) is 0 Å². The van der Waals surface area contributed by atoms with Crippen molar-refractivity contribution in [1.29, 1.82) is 0 Å². The van der Waals surface area contributed by atoms with E-state index in [0.717, 1.165) is 43.8 Å². The van der Waals surface area contributed by atoms with Gasteiger partial charge in [-0.1, -0.05) is 6.92 Å². The van der Waals surface area contributed by atoms with E-state index in [0.29, 0.717) is 32.6 Å². The number of hydrogen-bond acceptors (Lipinski definition) is 10. The molecule has 0 saturated heterocycles. The number of benzene rings is 2. The van der Waals surface area contributed by atoms with Crippen molar-refractivity contribution >= 4 is 11.7 Å². The molecule has 11 nitrogen and oxygen atoms in total. The lowest BCUT2D eigenvalue weighted by Gasteiger charge is -2.21. The molecular formula is C24H33N3O8. The zero-order valence-corrected chi connectivity index (χ0v) is 19.6. The van der Waals surface area contributed by atoms with Crippen LogP contribution in [0.4, 0.5) is 0 Å². The highest BCUT2D eigenvalue weighted by molar-refractivity contribution is 5.97. The molecule has 0 bridgehead atoms. The number of phenolic OH excluding ortho intramolecular Hbond substituents is 6. The monoisotopic (exact) mass is 491 g/mol. The second-order valence-corrected chi connectivity index (χ2v) is 8.10.